The van der Waals surface area contributed by atoms with Crippen LogP contribution >= 0.6 is 0 Å². The summed E-state index contributed by atoms with van der Waals surface area (Å²) in [5.74, 6) is -3.28. The number of benzene rings is 3. The van der Waals surface area contributed by atoms with E-state index < -0.39 is 74.6 Å². The Bertz CT molecular complexity index is 2450. The number of fused-ring (bicyclic) bond motifs is 6. The summed E-state index contributed by atoms with van der Waals surface area (Å²) < 4.78 is 39.2. The molecule has 3 unspecified atom stereocenters. The predicted molar refractivity (Wildman–Crippen MR) is 204 cm³/mol. The lowest BCUT2D eigenvalue weighted by atomic mass is 9.99. The van der Waals surface area contributed by atoms with Gasteiger partial charge in [0.15, 0.2) is 6.10 Å². The Morgan fingerprint density at radius 3 is 2.30 bits per heavy atom. The fourth-order valence-electron chi connectivity index (χ4n) is 8.13. The lowest BCUT2D eigenvalue weighted by molar-refractivity contribution is -0.144. The minimum absolute atomic E-state index is 0.0879. The second-order valence-corrected chi connectivity index (χ2v) is 17.0. The van der Waals surface area contributed by atoms with Gasteiger partial charge in [-0.3, -0.25) is 23.9 Å². The zero-order valence-corrected chi connectivity index (χ0v) is 31.5. The van der Waals surface area contributed by atoms with Gasteiger partial charge in [-0.05, 0) is 43.4 Å². The number of nitrogens with zero attached hydrogens (tertiary/aromatic N) is 3. The van der Waals surface area contributed by atoms with Crippen LogP contribution in [-0.2, 0) is 29.2 Å². The average Bonchev–Trinajstić information content (AvgIpc) is 4.08. The van der Waals surface area contributed by atoms with Gasteiger partial charge in [-0.15, -0.1) is 6.58 Å². The van der Waals surface area contributed by atoms with E-state index in [4.69, 9.17) is 19.3 Å². The summed E-state index contributed by atoms with van der Waals surface area (Å²) in [5, 5.41) is 13.3. The van der Waals surface area contributed by atoms with Crippen molar-refractivity contribution in [3.8, 4) is 16.9 Å². The van der Waals surface area contributed by atoms with Gasteiger partial charge < -0.3 is 29.6 Å². The molecule has 4 aromatic rings. The van der Waals surface area contributed by atoms with Gasteiger partial charge in [-0.25, -0.2) is 8.42 Å². The largest absolute Gasteiger partial charge is 0.491 e. The third kappa shape index (κ3) is 6.33. The predicted octanol–water partition coefficient (Wildman–Crippen LogP) is 3.30. The molecule has 0 bridgehead atoms. The molecule has 3 heterocycles. The van der Waals surface area contributed by atoms with Crippen molar-refractivity contribution >= 4 is 39.4 Å². The van der Waals surface area contributed by atoms with Crippen molar-refractivity contribution in [3.05, 3.63) is 120 Å². The van der Waals surface area contributed by atoms with Gasteiger partial charge in [0.05, 0.1) is 10.9 Å². The number of carbonyl (C=O) groups is 4. The fourth-order valence-corrected chi connectivity index (χ4v) is 9.49. The molecule has 1 saturated heterocycles. The molecule has 0 spiro atoms. The molecule has 9 rings (SSSR count). The lowest BCUT2D eigenvalue weighted by Crippen LogP contribution is -2.59. The number of nitrogens with one attached hydrogen (secondary N) is 3. The number of rotatable bonds is 10. The van der Waals surface area contributed by atoms with Crippen molar-refractivity contribution in [2.75, 3.05) is 6.61 Å². The molecular formula is C41H38N6O9S. The topological polar surface area (TPSA) is 199 Å². The number of sulfonamides is 1. The summed E-state index contributed by atoms with van der Waals surface area (Å²) >= 11 is 0. The molecule has 2 aliphatic heterocycles. The van der Waals surface area contributed by atoms with Crippen LogP contribution < -0.4 is 20.1 Å². The van der Waals surface area contributed by atoms with Crippen molar-refractivity contribution in [3.63, 3.8) is 0 Å². The standard InChI is InChI=1S/C41H38N6O9S/c1-3-23-20-41(23,40(51)46-57(52,53)24-16-17-24)43-37(48)31-19-33(55-45-35-27-12-6-4-10-25(27)26-11-5-7-13-28(26)35)36-29-14-8-9-15-32(29)54-21-30(39(50)47(31)36)42-38(49)34-18-22(2)44-56-34/h3-15,18,23-24,30-31,33,36H,1,16-17,19-21H2,2H3,(H,42,49)(H,43,48)(H,46,51)/t23-,30?,31+,33-,36?,41?/m1/s1. The van der Waals surface area contributed by atoms with Gasteiger partial charge in [0.1, 0.15) is 41.7 Å². The van der Waals surface area contributed by atoms with Crippen LogP contribution in [0.3, 0.4) is 0 Å². The highest BCUT2D eigenvalue weighted by molar-refractivity contribution is 7.91. The maximum Gasteiger partial charge on any atom is 0.290 e. The Morgan fingerprint density at radius 1 is 1.00 bits per heavy atom. The van der Waals surface area contributed by atoms with Gasteiger partial charge in [0, 0.05) is 35.1 Å². The molecule has 3 N–H and O–H groups in total. The number of hydrogen-bond donors (Lipinski definition) is 3. The smallest absolute Gasteiger partial charge is 0.290 e. The molecule has 57 heavy (non-hydrogen) atoms. The minimum Gasteiger partial charge on any atom is -0.491 e. The van der Waals surface area contributed by atoms with E-state index >= 15 is 0 Å². The van der Waals surface area contributed by atoms with E-state index in [9.17, 15) is 27.6 Å². The van der Waals surface area contributed by atoms with E-state index in [1.165, 1.54) is 17.0 Å². The zero-order valence-electron chi connectivity index (χ0n) is 30.7. The van der Waals surface area contributed by atoms with E-state index in [1.54, 1.807) is 31.2 Å². The Balaban J connectivity index is 1.10. The average molecular weight is 791 g/mol. The maximum absolute atomic E-state index is 14.9. The molecule has 5 aliphatic rings. The normalized spacial score (nSPS) is 25.6. The first-order chi connectivity index (χ1) is 27.5. The number of amides is 4. The molecule has 292 valence electrons. The Hall–Kier alpha value is -6.29. The molecular weight excluding hydrogens is 753 g/mol. The van der Waals surface area contributed by atoms with Gasteiger partial charge in [-0.1, -0.05) is 83.1 Å². The molecule has 1 aromatic heterocycles. The number of ether oxygens (including phenoxy) is 1. The minimum atomic E-state index is -3.94. The Labute approximate surface area is 327 Å². The Morgan fingerprint density at radius 2 is 1.67 bits per heavy atom. The van der Waals surface area contributed by atoms with Crippen LogP contribution in [0.1, 0.15) is 64.7 Å². The SMILES string of the molecule is C=C[C@@H]1CC1(NC(=O)[C@@H]1C[C@@H](ON=C2c3ccccc3-c3ccccc32)C2c3ccccc3OCC(NC(=O)c3cc(C)no3)C(=O)N21)C(=O)NS(=O)(=O)C1CC1. The van der Waals surface area contributed by atoms with Gasteiger partial charge in [0.2, 0.25) is 27.6 Å². The van der Waals surface area contributed by atoms with Crippen LogP contribution in [0.4, 0.5) is 0 Å². The Kier molecular flexibility index (Phi) is 8.75. The number of oxime groups is 1. The molecule has 3 aromatic carbocycles. The monoisotopic (exact) mass is 790 g/mol. The van der Waals surface area contributed by atoms with E-state index in [0.717, 1.165) is 22.3 Å². The third-order valence-corrected chi connectivity index (χ3v) is 13.1. The highest BCUT2D eigenvalue weighted by Gasteiger charge is 2.63. The fraction of sp³-hybridized carbons (Fsp3) is 0.317. The highest BCUT2D eigenvalue weighted by atomic mass is 32.2. The van der Waals surface area contributed by atoms with Crippen molar-refractivity contribution in [2.45, 2.75) is 67.6 Å². The first-order valence-corrected chi connectivity index (χ1v) is 20.3. The molecule has 16 heteroatoms. The van der Waals surface area contributed by atoms with Crippen molar-refractivity contribution in [1.82, 2.24) is 25.4 Å². The van der Waals surface area contributed by atoms with Crippen LogP contribution in [0.25, 0.3) is 11.1 Å². The van der Waals surface area contributed by atoms with Gasteiger partial charge >= 0.3 is 0 Å². The van der Waals surface area contributed by atoms with E-state index in [-0.39, 0.29) is 25.2 Å². The van der Waals surface area contributed by atoms with E-state index in [1.807, 2.05) is 48.5 Å². The molecule has 15 nitrogen and oxygen atoms in total. The number of aromatic nitrogens is 1. The zero-order chi connectivity index (χ0) is 39.6. The van der Waals surface area contributed by atoms with Gasteiger partial charge in [0.25, 0.3) is 11.8 Å². The van der Waals surface area contributed by atoms with Crippen LogP contribution in [0.2, 0.25) is 0 Å². The summed E-state index contributed by atoms with van der Waals surface area (Å²) in [7, 11) is -3.94. The van der Waals surface area contributed by atoms with Crippen molar-refractivity contribution in [1.29, 1.82) is 0 Å². The van der Waals surface area contributed by atoms with E-state index in [0.29, 0.717) is 35.6 Å². The lowest BCUT2D eigenvalue weighted by Gasteiger charge is -2.36. The summed E-state index contributed by atoms with van der Waals surface area (Å²) in [5.41, 5.74) is 3.62. The summed E-state index contributed by atoms with van der Waals surface area (Å²) in [6.45, 7) is 5.15. The molecule has 6 atom stereocenters. The second-order valence-electron chi connectivity index (χ2n) is 15.0. The quantitative estimate of drug-likeness (QED) is 0.139. The van der Waals surface area contributed by atoms with Crippen molar-refractivity contribution < 1.29 is 41.7 Å². The molecule has 0 radical (unpaired) electrons. The second kappa shape index (κ2) is 13.7. The summed E-state index contributed by atoms with van der Waals surface area (Å²) in [4.78, 5) is 64.4. The van der Waals surface area contributed by atoms with Gasteiger partial charge in [-0.2, -0.15) is 0 Å². The van der Waals surface area contributed by atoms with Crippen LogP contribution in [0, 0.1) is 12.8 Å². The number of para-hydroxylation sites is 1. The summed E-state index contributed by atoms with van der Waals surface area (Å²) in [6.07, 6.45) is 1.45. The highest BCUT2D eigenvalue weighted by Crippen LogP contribution is 2.48. The summed E-state index contributed by atoms with van der Waals surface area (Å²) in [6, 6.07) is 20.5. The molecule has 4 amide bonds. The number of hydrogen-bond acceptors (Lipinski definition) is 11. The first-order valence-electron chi connectivity index (χ1n) is 18.7. The van der Waals surface area contributed by atoms with Crippen LogP contribution in [0.15, 0.2) is 101 Å². The third-order valence-electron chi connectivity index (χ3n) is 11.3. The van der Waals surface area contributed by atoms with Crippen LogP contribution in [-0.4, -0.2) is 83.4 Å². The molecule has 3 fully saturated rings. The van der Waals surface area contributed by atoms with E-state index in [2.05, 4.69) is 27.1 Å². The maximum atomic E-state index is 14.9. The van der Waals surface area contributed by atoms with Crippen molar-refractivity contribution in [2.24, 2.45) is 11.1 Å². The first kappa shape index (κ1) is 36.4. The molecule has 2 saturated carbocycles. The molecule has 3 aliphatic carbocycles. The number of aryl methyl sites for hydroxylation is 1. The van der Waals surface area contributed by atoms with Crippen LogP contribution in [0.5, 0.6) is 5.75 Å². The number of carbonyl (C=O) groups excluding carboxylic acids is 4.